The highest BCUT2D eigenvalue weighted by Gasteiger charge is 2.21. The molecule has 4 nitrogen and oxygen atoms in total. The summed E-state index contributed by atoms with van der Waals surface area (Å²) in [4.78, 5) is 25.1. The number of carbonyl (C=O) groups is 1. The number of rotatable bonds is 2. The molecule has 0 fully saturated rings. The Hall–Kier alpha value is -2.63. The van der Waals surface area contributed by atoms with Gasteiger partial charge in [-0.3, -0.25) is 0 Å². The van der Waals surface area contributed by atoms with Crippen molar-refractivity contribution in [1.82, 2.24) is 0 Å². The molecular weight excluding hydrogens is 384 g/mol. The number of benzene rings is 2. The molecule has 2 heterocycles. The molecule has 5 rings (SSSR count). The van der Waals surface area contributed by atoms with Crippen molar-refractivity contribution >= 4 is 50.0 Å². The molecule has 6 heteroatoms. The molecule has 0 bridgehead atoms. The van der Waals surface area contributed by atoms with Crippen LogP contribution in [0.2, 0.25) is 5.02 Å². The molecule has 4 aromatic rings. The molecule has 134 valence electrons. The molecule has 2 aromatic heterocycles. The topological polar surface area (TPSA) is 56.5 Å². The zero-order valence-corrected chi connectivity index (χ0v) is 15.7. The quantitative estimate of drug-likeness (QED) is 0.260. The Balaban J connectivity index is 1.52. The lowest BCUT2D eigenvalue weighted by atomic mass is 10.1. The second kappa shape index (κ2) is 6.22. The summed E-state index contributed by atoms with van der Waals surface area (Å²) in [7, 11) is 0. The van der Waals surface area contributed by atoms with Crippen molar-refractivity contribution in [3.05, 3.63) is 73.9 Å². The second-order valence-electron chi connectivity index (χ2n) is 6.49. The first-order valence-electron chi connectivity index (χ1n) is 8.59. The monoisotopic (exact) mass is 396 g/mol. The van der Waals surface area contributed by atoms with Crippen LogP contribution in [0.5, 0.6) is 5.75 Å². The van der Waals surface area contributed by atoms with E-state index in [4.69, 9.17) is 20.8 Å². The molecule has 0 saturated carbocycles. The Morgan fingerprint density at radius 2 is 1.89 bits per heavy atom. The predicted molar refractivity (Wildman–Crippen MR) is 106 cm³/mol. The zero-order valence-electron chi connectivity index (χ0n) is 14.1. The van der Waals surface area contributed by atoms with Gasteiger partial charge in [-0.15, -0.1) is 11.3 Å². The van der Waals surface area contributed by atoms with Crippen LogP contribution < -0.4 is 10.4 Å². The van der Waals surface area contributed by atoms with Crippen LogP contribution in [0.4, 0.5) is 0 Å². The number of carbonyl (C=O) groups excluding carboxylic acids is 1. The summed E-state index contributed by atoms with van der Waals surface area (Å²) in [6.07, 6.45) is 2.59. The Bertz CT molecular complexity index is 1280. The van der Waals surface area contributed by atoms with Crippen molar-refractivity contribution in [1.29, 1.82) is 0 Å². The number of thiophene rings is 1. The van der Waals surface area contributed by atoms with E-state index in [0.717, 1.165) is 45.9 Å². The lowest BCUT2D eigenvalue weighted by Crippen LogP contribution is -2.08. The molecule has 1 aliphatic carbocycles. The molecule has 27 heavy (non-hydrogen) atoms. The molecule has 0 spiro atoms. The Morgan fingerprint density at radius 3 is 2.74 bits per heavy atom. The van der Waals surface area contributed by atoms with Crippen LogP contribution in [0, 0.1) is 0 Å². The summed E-state index contributed by atoms with van der Waals surface area (Å²) < 4.78 is 11.9. The smallest absolute Gasteiger partial charge is 0.355 e. The van der Waals surface area contributed by atoms with E-state index >= 15 is 0 Å². The molecule has 0 N–H and O–H groups in total. The van der Waals surface area contributed by atoms with Gasteiger partial charge in [-0.25, -0.2) is 9.59 Å². The van der Waals surface area contributed by atoms with Crippen LogP contribution in [0.1, 0.15) is 27.2 Å². The van der Waals surface area contributed by atoms with E-state index in [9.17, 15) is 9.59 Å². The molecule has 2 aromatic carbocycles. The fraction of sp³-hybridized carbons (Fsp3) is 0.143. The molecule has 0 atom stereocenters. The maximum absolute atomic E-state index is 12.6. The Labute approximate surface area is 162 Å². The first-order valence-corrected chi connectivity index (χ1v) is 9.79. The lowest BCUT2D eigenvalue weighted by Gasteiger charge is -2.07. The van der Waals surface area contributed by atoms with Crippen molar-refractivity contribution in [2.45, 2.75) is 19.3 Å². The van der Waals surface area contributed by atoms with E-state index in [2.05, 4.69) is 0 Å². The third-order valence-electron chi connectivity index (χ3n) is 4.88. The summed E-state index contributed by atoms with van der Waals surface area (Å²) in [6, 6.07) is 12.7. The van der Waals surface area contributed by atoms with Crippen LogP contribution in [-0.4, -0.2) is 5.97 Å². The number of hydrogen-bond donors (Lipinski definition) is 0. The van der Waals surface area contributed by atoms with Gasteiger partial charge >= 0.3 is 11.6 Å². The molecule has 0 radical (unpaired) electrons. The largest absolute Gasteiger partial charge is 0.422 e. The third kappa shape index (κ3) is 2.66. The standard InChI is InChI=1S/C21H13ClO4S/c22-18-15-4-1-2-7-17(15)27-19(18)21(24)25-11-8-9-13-12-5-3-6-14(12)20(23)26-16(13)10-11/h1-2,4,7-10H,3,5-6H2. The van der Waals surface area contributed by atoms with E-state index in [0.29, 0.717) is 21.2 Å². The first-order chi connectivity index (χ1) is 13.1. The maximum Gasteiger partial charge on any atom is 0.355 e. The van der Waals surface area contributed by atoms with Crippen LogP contribution in [0.15, 0.2) is 51.7 Å². The van der Waals surface area contributed by atoms with E-state index in [1.54, 1.807) is 12.1 Å². The van der Waals surface area contributed by atoms with Crippen LogP contribution in [-0.2, 0) is 12.8 Å². The maximum atomic E-state index is 12.6. The highest BCUT2D eigenvalue weighted by atomic mass is 35.5. The lowest BCUT2D eigenvalue weighted by molar-refractivity contribution is 0.0740. The summed E-state index contributed by atoms with van der Waals surface area (Å²) in [5, 5.41) is 2.13. The van der Waals surface area contributed by atoms with E-state index < -0.39 is 5.97 Å². The highest BCUT2D eigenvalue weighted by molar-refractivity contribution is 7.21. The van der Waals surface area contributed by atoms with Crippen LogP contribution in [0.3, 0.4) is 0 Å². The molecule has 0 unspecified atom stereocenters. The normalized spacial score (nSPS) is 13.2. The van der Waals surface area contributed by atoms with Crippen LogP contribution in [0.25, 0.3) is 21.1 Å². The summed E-state index contributed by atoms with van der Waals surface area (Å²) >= 11 is 7.64. The van der Waals surface area contributed by atoms with Gasteiger partial charge in [0.05, 0.1) is 5.02 Å². The van der Waals surface area contributed by atoms with Gasteiger partial charge in [0, 0.05) is 27.1 Å². The van der Waals surface area contributed by atoms with Gasteiger partial charge in [-0.05, 0) is 43.0 Å². The van der Waals surface area contributed by atoms with Crippen LogP contribution >= 0.6 is 22.9 Å². The van der Waals surface area contributed by atoms with Gasteiger partial charge in [0.2, 0.25) is 0 Å². The molecule has 0 amide bonds. The average molecular weight is 397 g/mol. The first kappa shape index (κ1) is 16.5. The van der Waals surface area contributed by atoms with Gasteiger partial charge in [0.1, 0.15) is 16.2 Å². The molecule has 0 aliphatic heterocycles. The Morgan fingerprint density at radius 1 is 1.07 bits per heavy atom. The highest BCUT2D eigenvalue weighted by Crippen LogP contribution is 2.36. The second-order valence-corrected chi connectivity index (χ2v) is 7.92. The van der Waals surface area contributed by atoms with Crippen molar-refractivity contribution in [3.8, 4) is 5.75 Å². The molecular formula is C21H13ClO4S. The SMILES string of the molecule is O=C(Oc1ccc2c3c(c(=O)oc2c1)CCC3)c1sc2ccccc2c1Cl. The summed E-state index contributed by atoms with van der Waals surface area (Å²) in [5.74, 6) is -0.203. The minimum atomic E-state index is -0.524. The number of aryl methyl sites for hydroxylation is 1. The van der Waals surface area contributed by atoms with Gasteiger partial charge in [0.15, 0.2) is 0 Å². The number of halogens is 1. The number of fused-ring (bicyclic) bond motifs is 4. The molecule has 1 aliphatic rings. The zero-order chi connectivity index (χ0) is 18.5. The third-order valence-corrected chi connectivity index (χ3v) is 6.53. The fourth-order valence-corrected chi connectivity index (χ4v) is 5.01. The van der Waals surface area contributed by atoms with Gasteiger partial charge in [0.25, 0.3) is 0 Å². The summed E-state index contributed by atoms with van der Waals surface area (Å²) in [5.41, 5.74) is 1.95. The molecule has 0 saturated heterocycles. The fourth-order valence-electron chi connectivity index (χ4n) is 3.63. The number of esters is 1. The van der Waals surface area contributed by atoms with E-state index in [1.165, 1.54) is 11.3 Å². The van der Waals surface area contributed by atoms with Crippen molar-refractivity contribution < 1.29 is 13.9 Å². The van der Waals surface area contributed by atoms with E-state index in [1.807, 2.05) is 30.3 Å². The van der Waals surface area contributed by atoms with E-state index in [-0.39, 0.29) is 5.63 Å². The number of hydrogen-bond acceptors (Lipinski definition) is 5. The van der Waals surface area contributed by atoms with Crippen molar-refractivity contribution in [2.75, 3.05) is 0 Å². The predicted octanol–water partition coefficient (Wildman–Crippen LogP) is 5.37. The van der Waals surface area contributed by atoms with Crippen molar-refractivity contribution in [2.24, 2.45) is 0 Å². The minimum absolute atomic E-state index is 0.300. The Kier molecular flexibility index (Phi) is 3.81. The number of ether oxygens (including phenoxy) is 1. The minimum Gasteiger partial charge on any atom is -0.422 e. The van der Waals surface area contributed by atoms with Gasteiger partial charge in [-0.2, -0.15) is 0 Å². The summed E-state index contributed by atoms with van der Waals surface area (Å²) in [6.45, 7) is 0. The van der Waals surface area contributed by atoms with Crippen molar-refractivity contribution in [3.63, 3.8) is 0 Å². The van der Waals surface area contributed by atoms with Gasteiger partial charge in [-0.1, -0.05) is 29.8 Å². The average Bonchev–Trinajstić information content (AvgIpc) is 3.28. The van der Waals surface area contributed by atoms with Gasteiger partial charge < -0.3 is 9.15 Å².